The van der Waals surface area contributed by atoms with Crippen molar-refractivity contribution in [3.8, 4) is 5.75 Å². The van der Waals surface area contributed by atoms with Crippen LogP contribution in [-0.4, -0.2) is 22.6 Å². The lowest BCUT2D eigenvalue weighted by Gasteiger charge is -2.22. The molecule has 0 spiro atoms. The van der Waals surface area contributed by atoms with Crippen LogP contribution < -0.4 is 9.04 Å². The Morgan fingerprint density at radius 2 is 1.81 bits per heavy atom. The van der Waals surface area contributed by atoms with Crippen LogP contribution in [-0.2, 0) is 10.0 Å². The molecule has 0 aliphatic rings. The molecule has 2 rings (SSSR count). The molecule has 0 aliphatic carbocycles. The summed E-state index contributed by atoms with van der Waals surface area (Å²) in [7, 11) is -0.616. The number of ether oxygens (including phenoxy) is 1. The van der Waals surface area contributed by atoms with Crippen molar-refractivity contribution in [3.63, 3.8) is 0 Å². The van der Waals surface area contributed by atoms with Crippen LogP contribution in [0.3, 0.4) is 0 Å². The smallest absolute Gasteiger partial charge is 0.264 e. The number of hydrogen-bond acceptors (Lipinski definition) is 3. The number of rotatable bonds is 4. The number of anilines is 1. The number of para-hydroxylation sites is 2. The lowest BCUT2D eigenvalue weighted by molar-refractivity contribution is 0.416. The molecule has 21 heavy (non-hydrogen) atoms. The summed E-state index contributed by atoms with van der Waals surface area (Å²) in [6.45, 7) is 1.77. The van der Waals surface area contributed by atoms with Gasteiger partial charge in [0.05, 0.1) is 17.7 Å². The number of methoxy groups -OCH3 is 1. The van der Waals surface area contributed by atoms with Crippen molar-refractivity contribution in [2.24, 2.45) is 0 Å². The van der Waals surface area contributed by atoms with E-state index in [2.05, 4.69) is 15.9 Å². The van der Waals surface area contributed by atoms with E-state index in [1.165, 1.54) is 18.5 Å². The zero-order chi connectivity index (χ0) is 15.6. The third-order valence-electron chi connectivity index (χ3n) is 3.21. The van der Waals surface area contributed by atoms with Gasteiger partial charge in [0.25, 0.3) is 10.0 Å². The quantitative estimate of drug-likeness (QED) is 0.826. The van der Waals surface area contributed by atoms with Crippen LogP contribution in [0.15, 0.2) is 51.8 Å². The number of hydrogen-bond donors (Lipinski definition) is 0. The Morgan fingerprint density at radius 3 is 2.48 bits per heavy atom. The second-order valence-electron chi connectivity index (χ2n) is 4.55. The highest BCUT2D eigenvalue weighted by Crippen LogP contribution is 2.32. The third kappa shape index (κ3) is 3.06. The van der Waals surface area contributed by atoms with Gasteiger partial charge in [-0.05, 0) is 36.8 Å². The van der Waals surface area contributed by atoms with Crippen LogP contribution >= 0.6 is 15.9 Å². The molecule has 112 valence electrons. The molecule has 0 amide bonds. The summed E-state index contributed by atoms with van der Waals surface area (Å²) in [5.74, 6) is 0.510. The first-order valence-electron chi connectivity index (χ1n) is 6.26. The first-order chi connectivity index (χ1) is 9.87. The number of nitrogens with zero attached hydrogens (tertiary/aromatic N) is 1. The minimum atomic E-state index is -3.65. The highest BCUT2D eigenvalue weighted by atomic mass is 79.9. The fourth-order valence-corrected chi connectivity index (χ4v) is 3.99. The van der Waals surface area contributed by atoms with Crippen LogP contribution in [0.5, 0.6) is 5.75 Å². The largest absolute Gasteiger partial charge is 0.495 e. The summed E-state index contributed by atoms with van der Waals surface area (Å²) in [4.78, 5) is 0.269. The molecule has 4 nitrogen and oxygen atoms in total. The van der Waals surface area contributed by atoms with Crippen LogP contribution in [0, 0.1) is 6.92 Å². The number of aryl methyl sites for hydroxylation is 1. The van der Waals surface area contributed by atoms with E-state index in [-0.39, 0.29) is 4.90 Å². The summed E-state index contributed by atoms with van der Waals surface area (Å²) in [6, 6.07) is 12.2. The van der Waals surface area contributed by atoms with Crippen molar-refractivity contribution < 1.29 is 13.2 Å². The predicted molar refractivity (Wildman–Crippen MR) is 87.5 cm³/mol. The minimum absolute atomic E-state index is 0.269. The van der Waals surface area contributed by atoms with Gasteiger partial charge in [0.1, 0.15) is 5.75 Å². The van der Waals surface area contributed by atoms with Crippen molar-refractivity contribution in [2.45, 2.75) is 11.8 Å². The molecule has 0 aromatic heterocycles. The summed E-state index contributed by atoms with van der Waals surface area (Å²) >= 11 is 3.31. The van der Waals surface area contributed by atoms with E-state index in [9.17, 15) is 8.42 Å². The first kappa shape index (κ1) is 15.9. The van der Waals surface area contributed by atoms with Gasteiger partial charge < -0.3 is 4.74 Å². The molecule has 0 N–H and O–H groups in total. The Kier molecular flexibility index (Phi) is 4.58. The van der Waals surface area contributed by atoms with Gasteiger partial charge in [-0.15, -0.1) is 0 Å². The fraction of sp³-hybridized carbons (Fsp3) is 0.200. The van der Waals surface area contributed by atoms with Gasteiger partial charge in [-0.25, -0.2) is 8.42 Å². The molecule has 0 fully saturated rings. The van der Waals surface area contributed by atoms with Crippen molar-refractivity contribution in [3.05, 3.63) is 52.5 Å². The zero-order valence-corrected chi connectivity index (χ0v) is 14.4. The van der Waals surface area contributed by atoms with E-state index in [0.29, 0.717) is 17.0 Å². The monoisotopic (exact) mass is 369 g/mol. The third-order valence-corrected chi connectivity index (χ3v) is 5.62. The van der Waals surface area contributed by atoms with Crippen LogP contribution in [0.2, 0.25) is 0 Å². The summed E-state index contributed by atoms with van der Waals surface area (Å²) < 4.78 is 32.8. The predicted octanol–water partition coefficient (Wildman–Crippen LogP) is 3.59. The lowest BCUT2D eigenvalue weighted by atomic mass is 10.2. The second kappa shape index (κ2) is 6.07. The van der Waals surface area contributed by atoms with Crippen molar-refractivity contribution >= 4 is 31.6 Å². The molecule has 0 bridgehead atoms. The minimum Gasteiger partial charge on any atom is -0.495 e. The van der Waals surface area contributed by atoms with Gasteiger partial charge in [0, 0.05) is 11.5 Å². The van der Waals surface area contributed by atoms with Gasteiger partial charge >= 0.3 is 0 Å². The van der Waals surface area contributed by atoms with Gasteiger partial charge in [0.15, 0.2) is 0 Å². The van der Waals surface area contributed by atoms with Gasteiger partial charge in [-0.3, -0.25) is 4.31 Å². The highest BCUT2D eigenvalue weighted by Gasteiger charge is 2.25. The number of sulfonamides is 1. The van der Waals surface area contributed by atoms with E-state index >= 15 is 0 Å². The van der Waals surface area contributed by atoms with Gasteiger partial charge in [-0.2, -0.15) is 0 Å². The Bertz CT molecular complexity index is 759. The molecule has 0 saturated carbocycles. The zero-order valence-electron chi connectivity index (χ0n) is 12.0. The van der Waals surface area contributed by atoms with E-state index in [1.54, 1.807) is 43.3 Å². The molecule has 2 aromatic rings. The fourth-order valence-electron chi connectivity index (χ4n) is 2.02. The number of halogens is 1. The Morgan fingerprint density at radius 1 is 1.14 bits per heavy atom. The van der Waals surface area contributed by atoms with Crippen LogP contribution in [0.1, 0.15) is 5.56 Å². The van der Waals surface area contributed by atoms with Gasteiger partial charge in [0.2, 0.25) is 0 Å². The summed E-state index contributed by atoms with van der Waals surface area (Å²) in [5.41, 5.74) is 1.19. The highest BCUT2D eigenvalue weighted by molar-refractivity contribution is 9.10. The SMILES string of the molecule is COc1ccccc1N(C)S(=O)(=O)c1cc(Br)ccc1C. The number of benzene rings is 2. The topological polar surface area (TPSA) is 46.6 Å². The summed E-state index contributed by atoms with van der Waals surface area (Å²) in [5, 5.41) is 0. The van der Waals surface area contributed by atoms with Gasteiger partial charge in [-0.1, -0.05) is 34.1 Å². The van der Waals surface area contributed by atoms with E-state index in [1.807, 2.05) is 6.07 Å². The van der Waals surface area contributed by atoms with E-state index in [0.717, 1.165) is 4.47 Å². The lowest BCUT2D eigenvalue weighted by Crippen LogP contribution is -2.27. The Balaban J connectivity index is 2.55. The average molecular weight is 370 g/mol. The molecule has 0 atom stereocenters. The first-order valence-corrected chi connectivity index (χ1v) is 8.49. The molecule has 2 aromatic carbocycles. The summed E-state index contributed by atoms with van der Waals surface area (Å²) in [6.07, 6.45) is 0. The standard InChI is InChI=1S/C15H16BrNO3S/c1-11-8-9-12(16)10-15(11)21(18,19)17(2)13-6-4-5-7-14(13)20-3/h4-10H,1-3H3. The maximum absolute atomic E-state index is 12.8. The molecular formula is C15H16BrNO3S. The van der Waals surface area contributed by atoms with Crippen molar-refractivity contribution in [1.82, 2.24) is 0 Å². The Hall–Kier alpha value is -1.53. The van der Waals surface area contributed by atoms with Crippen LogP contribution in [0.25, 0.3) is 0 Å². The molecule has 6 heteroatoms. The van der Waals surface area contributed by atoms with Crippen molar-refractivity contribution in [1.29, 1.82) is 0 Å². The average Bonchev–Trinajstić information content (AvgIpc) is 2.48. The Labute approximate surface area is 133 Å². The molecule has 0 aliphatic heterocycles. The van der Waals surface area contributed by atoms with E-state index < -0.39 is 10.0 Å². The maximum Gasteiger partial charge on any atom is 0.264 e. The maximum atomic E-state index is 12.8. The molecule has 0 unspecified atom stereocenters. The second-order valence-corrected chi connectivity index (χ2v) is 7.41. The molecule has 0 saturated heterocycles. The van der Waals surface area contributed by atoms with E-state index in [4.69, 9.17) is 4.74 Å². The van der Waals surface area contributed by atoms with Crippen LogP contribution in [0.4, 0.5) is 5.69 Å². The molecule has 0 heterocycles. The molecule has 0 radical (unpaired) electrons. The normalized spacial score (nSPS) is 11.2. The van der Waals surface area contributed by atoms with Crippen molar-refractivity contribution in [2.75, 3.05) is 18.5 Å². The molecular weight excluding hydrogens is 354 g/mol.